The number of benzene rings is 3. The van der Waals surface area contributed by atoms with Crippen LogP contribution in [0.2, 0.25) is 10.0 Å². The monoisotopic (exact) mass is 566 g/mol. The maximum absolute atomic E-state index is 13.1. The zero-order valence-corrected chi connectivity index (χ0v) is 24.1. The third-order valence-electron chi connectivity index (χ3n) is 7.40. The number of hydrogen-bond donors (Lipinski definition) is 1. The highest BCUT2D eigenvalue weighted by Gasteiger charge is 2.24. The van der Waals surface area contributed by atoms with E-state index in [9.17, 15) is 4.79 Å². The van der Waals surface area contributed by atoms with Gasteiger partial charge in [-0.2, -0.15) is 0 Å². The number of carbonyl (C=O) groups is 1. The van der Waals surface area contributed by atoms with Crippen LogP contribution in [0.5, 0.6) is 11.5 Å². The van der Waals surface area contributed by atoms with Gasteiger partial charge in [0.1, 0.15) is 17.3 Å². The molecule has 0 unspecified atom stereocenters. The van der Waals surface area contributed by atoms with Crippen LogP contribution in [0, 0.1) is 0 Å². The first-order chi connectivity index (χ1) is 18.8. The predicted molar refractivity (Wildman–Crippen MR) is 158 cm³/mol. The van der Waals surface area contributed by atoms with Crippen LogP contribution in [-0.4, -0.2) is 63.1 Å². The molecule has 2 heterocycles. The summed E-state index contributed by atoms with van der Waals surface area (Å²) in [5.41, 5.74) is 5.00. The van der Waals surface area contributed by atoms with Gasteiger partial charge in [-0.3, -0.25) is 14.7 Å². The molecule has 3 aromatic carbocycles. The van der Waals surface area contributed by atoms with Gasteiger partial charge in [0.05, 0.1) is 30.8 Å². The summed E-state index contributed by atoms with van der Waals surface area (Å²) in [5, 5.41) is 3.79. The van der Waals surface area contributed by atoms with E-state index in [0.717, 1.165) is 48.6 Å². The maximum Gasteiger partial charge on any atom is 0.256 e. The minimum absolute atomic E-state index is 0.189. The van der Waals surface area contributed by atoms with E-state index < -0.39 is 0 Å². The van der Waals surface area contributed by atoms with Crippen LogP contribution in [0.3, 0.4) is 0 Å². The molecule has 5 rings (SSSR count). The lowest BCUT2D eigenvalue weighted by Crippen LogP contribution is -2.48. The van der Waals surface area contributed by atoms with E-state index in [2.05, 4.69) is 34.0 Å². The Hall–Kier alpha value is -3.26. The number of anilines is 1. The summed E-state index contributed by atoms with van der Waals surface area (Å²) in [6.07, 6.45) is 0. The SMILES string of the molecule is COc1cc(OC)c(Cl)c(-c2ccc3c(c2)CN=C3NC(=O)c2ccc(N3CCN(C(C)C)CC3)cc2)c1Cl. The van der Waals surface area contributed by atoms with Gasteiger partial charge in [0.25, 0.3) is 5.91 Å². The van der Waals surface area contributed by atoms with E-state index in [1.165, 1.54) is 0 Å². The topological polar surface area (TPSA) is 66.4 Å². The van der Waals surface area contributed by atoms with Crippen molar-refractivity contribution in [1.82, 2.24) is 10.2 Å². The van der Waals surface area contributed by atoms with Crippen molar-refractivity contribution in [2.75, 3.05) is 45.3 Å². The first kappa shape index (κ1) is 27.3. The zero-order valence-electron chi connectivity index (χ0n) is 22.6. The molecule has 204 valence electrons. The van der Waals surface area contributed by atoms with Gasteiger partial charge < -0.3 is 19.7 Å². The Labute approximate surface area is 239 Å². The van der Waals surface area contributed by atoms with Crippen LogP contribution < -0.4 is 19.7 Å². The Bertz CT molecular complexity index is 1390. The highest BCUT2D eigenvalue weighted by Crippen LogP contribution is 2.46. The number of halogens is 2. The van der Waals surface area contributed by atoms with Crippen LogP contribution in [0.25, 0.3) is 11.1 Å². The number of nitrogens with zero attached hydrogens (tertiary/aromatic N) is 3. The van der Waals surface area contributed by atoms with Crippen molar-refractivity contribution in [3.8, 4) is 22.6 Å². The second-order valence-corrected chi connectivity index (χ2v) is 10.7. The number of hydrogen-bond acceptors (Lipinski definition) is 6. The number of piperazine rings is 1. The summed E-state index contributed by atoms with van der Waals surface area (Å²) in [6.45, 7) is 8.97. The normalized spacial score (nSPS) is 15.3. The van der Waals surface area contributed by atoms with Gasteiger partial charge >= 0.3 is 0 Å². The van der Waals surface area contributed by atoms with Gasteiger partial charge in [0.2, 0.25) is 0 Å². The number of carbonyl (C=O) groups excluding carboxylic acids is 1. The van der Waals surface area contributed by atoms with Gasteiger partial charge in [-0.15, -0.1) is 0 Å². The molecular weight excluding hydrogens is 535 g/mol. The van der Waals surface area contributed by atoms with Crippen molar-refractivity contribution < 1.29 is 14.3 Å². The van der Waals surface area contributed by atoms with Crippen LogP contribution in [-0.2, 0) is 6.54 Å². The summed E-state index contributed by atoms with van der Waals surface area (Å²) >= 11 is 13.2. The number of ether oxygens (including phenoxy) is 2. The molecule has 0 aromatic heterocycles. The second kappa shape index (κ2) is 11.5. The van der Waals surface area contributed by atoms with Crippen molar-refractivity contribution in [3.63, 3.8) is 0 Å². The average Bonchev–Trinajstić information content (AvgIpc) is 3.35. The summed E-state index contributed by atoms with van der Waals surface area (Å²) in [5.74, 6) is 1.31. The quantitative estimate of drug-likeness (QED) is 0.402. The van der Waals surface area contributed by atoms with Crippen molar-refractivity contribution >= 4 is 40.6 Å². The Morgan fingerprint density at radius 1 is 0.923 bits per heavy atom. The highest BCUT2D eigenvalue weighted by atomic mass is 35.5. The maximum atomic E-state index is 13.1. The molecule has 9 heteroatoms. The fraction of sp³-hybridized carbons (Fsp3) is 0.333. The fourth-order valence-electron chi connectivity index (χ4n) is 5.11. The van der Waals surface area contributed by atoms with E-state index >= 15 is 0 Å². The lowest BCUT2D eigenvalue weighted by atomic mass is 9.99. The molecule has 2 aliphatic rings. The van der Waals surface area contributed by atoms with E-state index in [4.69, 9.17) is 32.7 Å². The molecule has 1 fully saturated rings. The molecule has 0 bridgehead atoms. The van der Waals surface area contributed by atoms with Crippen molar-refractivity contribution in [2.24, 2.45) is 4.99 Å². The van der Waals surface area contributed by atoms with Gasteiger partial charge in [0, 0.05) is 60.7 Å². The number of amides is 1. The largest absolute Gasteiger partial charge is 0.495 e. The van der Waals surface area contributed by atoms with Gasteiger partial charge in [0.15, 0.2) is 0 Å². The zero-order chi connectivity index (χ0) is 27.7. The summed E-state index contributed by atoms with van der Waals surface area (Å²) in [7, 11) is 3.09. The van der Waals surface area contributed by atoms with E-state index in [1.54, 1.807) is 20.3 Å². The number of amidine groups is 1. The smallest absolute Gasteiger partial charge is 0.256 e. The Kier molecular flexibility index (Phi) is 8.03. The van der Waals surface area contributed by atoms with Crippen LogP contribution in [0.15, 0.2) is 53.5 Å². The lowest BCUT2D eigenvalue weighted by Gasteiger charge is -2.38. The molecule has 1 amide bonds. The third-order valence-corrected chi connectivity index (χ3v) is 8.15. The predicted octanol–water partition coefficient (Wildman–Crippen LogP) is 5.90. The first-order valence-corrected chi connectivity index (χ1v) is 13.7. The standard InChI is InChI=1S/C30H32Cl2N4O3/c1-18(2)35-11-13-36(14-12-35)22-8-5-19(6-9-22)30(37)34-29-23-10-7-20(15-21(23)17-33-29)26-27(31)24(38-3)16-25(39-4)28(26)32/h5-10,15-16,18H,11-14,17H2,1-4H3,(H,33,34,37). The minimum atomic E-state index is -0.189. The summed E-state index contributed by atoms with van der Waals surface area (Å²) < 4.78 is 10.8. The van der Waals surface area contributed by atoms with Crippen molar-refractivity contribution in [2.45, 2.75) is 26.4 Å². The molecule has 0 spiro atoms. The highest BCUT2D eigenvalue weighted by molar-refractivity contribution is 6.41. The molecule has 2 aliphatic heterocycles. The molecule has 7 nitrogen and oxygen atoms in total. The molecule has 1 saturated heterocycles. The van der Waals surface area contributed by atoms with Gasteiger partial charge in [-0.1, -0.05) is 35.3 Å². The van der Waals surface area contributed by atoms with Crippen molar-refractivity contribution in [1.29, 1.82) is 0 Å². The Morgan fingerprint density at radius 3 is 2.15 bits per heavy atom. The van der Waals surface area contributed by atoms with E-state index in [1.807, 2.05) is 42.5 Å². The molecule has 0 radical (unpaired) electrons. The molecule has 0 atom stereocenters. The Morgan fingerprint density at radius 2 is 1.56 bits per heavy atom. The summed E-state index contributed by atoms with van der Waals surface area (Å²) in [4.78, 5) is 22.5. The molecule has 0 saturated carbocycles. The molecule has 3 aromatic rings. The molecule has 1 N–H and O–H groups in total. The van der Waals surface area contributed by atoms with Crippen LogP contribution >= 0.6 is 23.2 Å². The van der Waals surface area contributed by atoms with Crippen molar-refractivity contribution in [3.05, 3.63) is 75.3 Å². The number of methoxy groups -OCH3 is 2. The molecule has 39 heavy (non-hydrogen) atoms. The number of fused-ring (bicyclic) bond motifs is 1. The van der Waals surface area contributed by atoms with Gasteiger partial charge in [-0.05, 0) is 55.3 Å². The van der Waals surface area contributed by atoms with E-state index in [0.29, 0.717) is 51.1 Å². The second-order valence-electron chi connectivity index (χ2n) is 9.94. The van der Waals surface area contributed by atoms with E-state index in [-0.39, 0.29) is 5.91 Å². The minimum Gasteiger partial charge on any atom is -0.495 e. The fourth-order valence-corrected chi connectivity index (χ4v) is 5.83. The summed E-state index contributed by atoms with van der Waals surface area (Å²) in [6, 6.07) is 15.8. The van der Waals surface area contributed by atoms with Crippen LogP contribution in [0.4, 0.5) is 5.69 Å². The Balaban J connectivity index is 1.29. The number of rotatable bonds is 6. The molecule has 0 aliphatic carbocycles. The molecular formula is C30H32Cl2N4O3. The van der Waals surface area contributed by atoms with Crippen LogP contribution in [0.1, 0.15) is 35.3 Å². The number of nitrogens with one attached hydrogen (secondary N) is 1. The first-order valence-electron chi connectivity index (χ1n) is 13.0. The lowest BCUT2D eigenvalue weighted by molar-refractivity contribution is 0.0977. The average molecular weight is 568 g/mol. The number of aliphatic imine (C=N–C) groups is 1. The third kappa shape index (κ3) is 5.44. The van der Waals surface area contributed by atoms with Gasteiger partial charge in [-0.25, -0.2) is 0 Å².